The van der Waals surface area contributed by atoms with E-state index >= 15 is 0 Å². The van der Waals surface area contributed by atoms with Crippen LogP contribution in [0.3, 0.4) is 0 Å². The lowest BCUT2D eigenvalue weighted by Crippen LogP contribution is -2.46. The van der Waals surface area contributed by atoms with Crippen molar-refractivity contribution in [1.29, 1.82) is 0 Å². The summed E-state index contributed by atoms with van der Waals surface area (Å²) in [6.07, 6.45) is 6.61. The summed E-state index contributed by atoms with van der Waals surface area (Å²) in [5, 5.41) is 6.90. The smallest absolute Gasteiger partial charge is 0.191 e. The Balaban J connectivity index is 0.00000361. The normalized spacial score (nSPS) is 16.9. The van der Waals surface area contributed by atoms with Gasteiger partial charge < -0.3 is 20.3 Å². The van der Waals surface area contributed by atoms with Gasteiger partial charge in [-0.1, -0.05) is 19.3 Å². The van der Waals surface area contributed by atoms with Gasteiger partial charge in [-0.15, -0.1) is 24.0 Å². The molecule has 2 N–H and O–H groups in total. The number of nitrogens with one attached hydrogen (secondary N) is 2. The van der Waals surface area contributed by atoms with Gasteiger partial charge in [-0.05, 0) is 19.9 Å². The van der Waals surface area contributed by atoms with E-state index in [1.807, 2.05) is 7.05 Å². The van der Waals surface area contributed by atoms with Crippen LogP contribution in [0.5, 0.6) is 0 Å². The van der Waals surface area contributed by atoms with Crippen LogP contribution in [0.4, 0.5) is 0 Å². The van der Waals surface area contributed by atoms with Crippen LogP contribution in [0.2, 0.25) is 0 Å². The standard InChI is InChI=1S/C14H30N4O.HI/c1-15-14(17-13-7-5-4-6-8-13)16-9-10-18(2)11-12-19-3;/h13H,4-12H2,1-3H3,(H2,15,16,17);1H. The van der Waals surface area contributed by atoms with Crippen molar-refractivity contribution in [3.63, 3.8) is 0 Å². The molecular weight excluding hydrogens is 367 g/mol. The molecule has 0 saturated heterocycles. The van der Waals surface area contributed by atoms with E-state index in [1.165, 1.54) is 32.1 Å². The largest absolute Gasteiger partial charge is 0.383 e. The van der Waals surface area contributed by atoms with Gasteiger partial charge in [-0.2, -0.15) is 0 Å². The lowest BCUT2D eigenvalue weighted by atomic mass is 9.96. The zero-order valence-corrected chi connectivity index (χ0v) is 15.5. The fraction of sp³-hybridized carbons (Fsp3) is 0.929. The first kappa shape index (κ1) is 19.9. The van der Waals surface area contributed by atoms with Crippen molar-refractivity contribution in [1.82, 2.24) is 15.5 Å². The van der Waals surface area contributed by atoms with Crippen molar-refractivity contribution >= 4 is 29.9 Å². The number of ether oxygens (including phenoxy) is 1. The summed E-state index contributed by atoms with van der Waals surface area (Å²) in [6.45, 7) is 3.65. The van der Waals surface area contributed by atoms with E-state index in [9.17, 15) is 0 Å². The highest BCUT2D eigenvalue weighted by Crippen LogP contribution is 2.17. The molecule has 0 radical (unpaired) electrons. The molecule has 0 atom stereocenters. The molecule has 0 amide bonds. The minimum Gasteiger partial charge on any atom is -0.383 e. The molecule has 1 saturated carbocycles. The van der Waals surface area contributed by atoms with E-state index in [0.29, 0.717) is 6.04 Å². The van der Waals surface area contributed by atoms with Crippen LogP contribution in [-0.4, -0.2) is 64.3 Å². The Morgan fingerprint density at radius 1 is 1.25 bits per heavy atom. The summed E-state index contributed by atoms with van der Waals surface area (Å²) >= 11 is 0. The number of methoxy groups -OCH3 is 1. The predicted molar refractivity (Wildman–Crippen MR) is 96.2 cm³/mol. The van der Waals surface area contributed by atoms with Crippen LogP contribution in [0.25, 0.3) is 0 Å². The number of halogens is 1. The van der Waals surface area contributed by atoms with Crippen molar-refractivity contribution in [2.45, 2.75) is 38.1 Å². The molecule has 0 aromatic rings. The van der Waals surface area contributed by atoms with Crippen molar-refractivity contribution < 1.29 is 4.74 Å². The molecule has 0 aromatic carbocycles. The summed E-state index contributed by atoms with van der Waals surface area (Å²) in [7, 11) is 5.69. The van der Waals surface area contributed by atoms with Crippen LogP contribution in [-0.2, 0) is 4.74 Å². The Labute approximate surface area is 140 Å². The lowest BCUT2D eigenvalue weighted by Gasteiger charge is -2.25. The average molecular weight is 398 g/mol. The minimum atomic E-state index is 0. The molecule has 0 aromatic heterocycles. The average Bonchev–Trinajstić information content (AvgIpc) is 2.45. The van der Waals surface area contributed by atoms with Gasteiger partial charge in [0, 0.05) is 39.8 Å². The van der Waals surface area contributed by atoms with Gasteiger partial charge in [0.1, 0.15) is 0 Å². The second kappa shape index (κ2) is 12.6. The third kappa shape index (κ3) is 8.97. The quantitative estimate of drug-likeness (QED) is 0.389. The summed E-state index contributed by atoms with van der Waals surface area (Å²) in [5.74, 6) is 0.937. The Morgan fingerprint density at radius 2 is 1.95 bits per heavy atom. The maximum absolute atomic E-state index is 5.06. The van der Waals surface area contributed by atoms with Gasteiger partial charge in [0.25, 0.3) is 0 Å². The molecule has 0 aliphatic heterocycles. The molecule has 1 fully saturated rings. The maximum Gasteiger partial charge on any atom is 0.191 e. The number of nitrogens with zero attached hydrogens (tertiary/aromatic N) is 2. The SMILES string of the molecule is CN=C(NCCN(C)CCOC)NC1CCCCC1.I. The zero-order valence-electron chi connectivity index (χ0n) is 13.2. The minimum absolute atomic E-state index is 0. The molecule has 20 heavy (non-hydrogen) atoms. The molecule has 1 aliphatic carbocycles. The van der Waals surface area contributed by atoms with Gasteiger partial charge >= 0.3 is 0 Å². The molecule has 120 valence electrons. The maximum atomic E-state index is 5.06. The molecule has 1 rings (SSSR count). The van der Waals surface area contributed by atoms with Gasteiger partial charge in [0.05, 0.1) is 6.61 Å². The van der Waals surface area contributed by atoms with E-state index < -0.39 is 0 Å². The van der Waals surface area contributed by atoms with Crippen molar-refractivity contribution in [3.8, 4) is 0 Å². The molecular formula is C14H31IN4O. The summed E-state index contributed by atoms with van der Waals surface area (Å²) in [5.41, 5.74) is 0. The number of likely N-dealkylation sites (N-methyl/N-ethyl adjacent to an activating group) is 1. The molecule has 0 unspecified atom stereocenters. The first-order chi connectivity index (χ1) is 9.26. The van der Waals surface area contributed by atoms with Crippen molar-refractivity contribution in [2.24, 2.45) is 4.99 Å². The van der Waals surface area contributed by atoms with E-state index in [4.69, 9.17) is 4.74 Å². The topological polar surface area (TPSA) is 48.9 Å². The van der Waals surface area contributed by atoms with E-state index in [2.05, 4.69) is 27.6 Å². The Morgan fingerprint density at radius 3 is 2.55 bits per heavy atom. The third-order valence-corrected chi connectivity index (χ3v) is 3.63. The Bertz CT molecular complexity index is 258. The van der Waals surface area contributed by atoms with Crippen LogP contribution in [0, 0.1) is 0 Å². The van der Waals surface area contributed by atoms with Crippen LogP contribution in [0.1, 0.15) is 32.1 Å². The van der Waals surface area contributed by atoms with Crippen molar-refractivity contribution in [3.05, 3.63) is 0 Å². The van der Waals surface area contributed by atoms with Gasteiger partial charge in [0.2, 0.25) is 0 Å². The highest BCUT2D eigenvalue weighted by atomic mass is 127. The first-order valence-electron chi connectivity index (χ1n) is 7.41. The number of hydrogen-bond acceptors (Lipinski definition) is 3. The second-order valence-electron chi connectivity index (χ2n) is 5.27. The van der Waals surface area contributed by atoms with Gasteiger partial charge in [-0.25, -0.2) is 0 Å². The van der Waals surface area contributed by atoms with Crippen molar-refractivity contribution in [2.75, 3.05) is 47.4 Å². The van der Waals surface area contributed by atoms with E-state index in [1.54, 1.807) is 7.11 Å². The fourth-order valence-electron chi connectivity index (χ4n) is 2.36. The second-order valence-corrected chi connectivity index (χ2v) is 5.27. The molecule has 0 heterocycles. The summed E-state index contributed by atoms with van der Waals surface area (Å²) in [4.78, 5) is 6.55. The molecule has 5 nitrogen and oxygen atoms in total. The van der Waals surface area contributed by atoms with Crippen LogP contribution < -0.4 is 10.6 Å². The third-order valence-electron chi connectivity index (χ3n) is 3.63. The molecule has 0 spiro atoms. The highest BCUT2D eigenvalue weighted by Gasteiger charge is 2.14. The van der Waals surface area contributed by atoms with Gasteiger partial charge in [0.15, 0.2) is 5.96 Å². The number of rotatable bonds is 7. The van der Waals surface area contributed by atoms with E-state index in [0.717, 1.165) is 32.2 Å². The van der Waals surface area contributed by atoms with Crippen LogP contribution in [0.15, 0.2) is 4.99 Å². The first-order valence-corrected chi connectivity index (χ1v) is 7.41. The Hall–Kier alpha value is -0.0800. The fourth-order valence-corrected chi connectivity index (χ4v) is 2.36. The predicted octanol–water partition coefficient (Wildman–Crippen LogP) is 1.68. The van der Waals surface area contributed by atoms with Crippen LogP contribution >= 0.6 is 24.0 Å². The summed E-state index contributed by atoms with van der Waals surface area (Å²) in [6, 6.07) is 0.603. The molecule has 6 heteroatoms. The number of guanidine groups is 1. The number of aliphatic imine (C=N–C) groups is 1. The monoisotopic (exact) mass is 398 g/mol. The molecule has 0 bridgehead atoms. The van der Waals surface area contributed by atoms with E-state index in [-0.39, 0.29) is 24.0 Å². The molecule has 1 aliphatic rings. The summed E-state index contributed by atoms with van der Waals surface area (Å²) < 4.78 is 5.06. The lowest BCUT2D eigenvalue weighted by molar-refractivity contribution is 0.162. The zero-order chi connectivity index (χ0) is 13.9. The Kier molecular flexibility index (Phi) is 12.6. The number of hydrogen-bond donors (Lipinski definition) is 2. The highest BCUT2D eigenvalue weighted by molar-refractivity contribution is 14.0. The van der Waals surface area contributed by atoms with Gasteiger partial charge in [-0.3, -0.25) is 4.99 Å².